The summed E-state index contributed by atoms with van der Waals surface area (Å²) in [5, 5.41) is 30.1. The quantitative estimate of drug-likeness (QED) is 0.0168. The number of anilines is 1. The van der Waals surface area contributed by atoms with Gasteiger partial charge in [-0.1, -0.05) is 124 Å². The zero-order valence-electron chi connectivity index (χ0n) is 65.2. The number of Topliss-reactive ketones (excluding diaryl/α,β-unsaturated/α-hetero) is 1. The second-order valence-corrected chi connectivity index (χ2v) is 31.6. The van der Waals surface area contributed by atoms with Gasteiger partial charge in [0.05, 0.1) is 66.9 Å². The molecule has 3 aliphatic rings. The third kappa shape index (κ3) is 25.4. The number of nitrogens with one attached hydrogen (secondary N) is 7. The summed E-state index contributed by atoms with van der Waals surface area (Å²) in [6.45, 7) is 16.3. The molecule has 0 radical (unpaired) electrons. The Morgan fingerprint density at radius 1 is 0.750 bits per heavy atom. The number of rotatable bonds is 44. The Morgan fingerprint density at radius 2 is 1.43 bits per heavy atom. The van der Waals surface area contributed by atoms with Gasteiger partial charge < -0.3 is 72.1 Å². The summed E-state index contributed by atoms with van der Waals surface area (Å²) in [4.78, 5) is 181. The summed E-state index contributed by atoms with van der Waals surface area (Å²) < 4.78 is 18.0. The van der Waals surface area contributed by atoms with E-state index in [-0.39, 0.29) is 130 Å². The summed E-state index contributed by atoms with van der Waals surface area (Å²) in [6, 6.07) is 12.6. The minimum atomic E-state index is -1.15. The largest absolute Gasteiger partial charge is 0.481 e. The number of carboxylic acid groups (broad SMARTS) is 1. The van der Waals surface area contributed by atoms with Crippen LogP contribution in [0.1, 0.15) is 162 Å². The molecule has 2 heterocycles. The normalized spacial score (nSPS) is 18.6. The molecule has 3 aromatic carbocycles. The number of carbonyl (C=O) groups excluding carboxylic acids is 12. The van der Waals surface area contributed by atoms with Gasteiger partial charge in [-0.25, -0.2) is 9.59 Å². The van der Waals surface area contributed by atoms with Gasteiger partial charge in [0.15, 0.2) is 5.78 Å². The molecule has 29 nitrogen and oxygen atoms in total. The molecule has 0 spiro atoms. The summed E-state index contributed by atoms with van der Waals surface area (Å²) in [5.74, 6) is -6.45. The molecule has 6 rings (SSSR count). The molecule has 1 unspecified atom stereocenters. The first kappa shape index (κ1) is 88.2. The summed E-state index contributed by atoms with van der Waals surface area (Å²) in [7, 11) is 8.15. The van der Waals surface area contributed by atoms with E-state index in [1.54, 1.807) is 74.0 Å². The van der Waals surface area contributed by atoms with Crippen LogP contribution < -0.4 is 43.0 Å². The molecule has 3 fully saturated rings. The van der Waals surface area contributed by atoms with Crippen molar-refractivity contribution in [2.24, 2.45) is 40.7 Å². The van der Waals surface area contributed by atoms with E-state index in [0.29, 0.717) is 48.3 Å². The molecule has 2 saturated heterocycles. The lowest BCUT2D eigenvalue weighted by Crippen LogP contribution is -2.59. The first-order valence-corrected chi connectivity index (χ1v) is 38.7. The molecule has 12 atom stereocenters. The van der Waals surface area contributed by atoms with Gasteiger partial charge in [-0.2, -0.15) is 0 Å². The van der Waals surface area contributed by atoms with Crippen molar-refractivity contribution in [2.45, 2.75) is 212 Å². The van der Waals surface area contributed by atoms with Gasteiger partial charge in [0.25, 0.3) is 0 Å². The van der Waals surface area contributed by atoms with E-state index in [9.17, 15) is 62.6 Å². The van der Waals surface area contributed by atoms with Crippen LogP contribution in [0.5, 0.6) is 0 Å². The lowest BCUT2D eigenvalue weighted by atomic mass is 9.89. The Labute approximate surface area is 638 Å². The highest BCUT2D eigenvalue weighted by molar-refractivity contribution is 8.00. The number of carbonyl (C=O) groups is 13. The average molecular weight is 1530 g/mol. The number of imide groups is 1. The van der Waals surface area contributed by atoms with Crippen LogP contribution in [-0.4, -0.2) is 229 Å². The van der Waals surface area contributed by atoms with Crippen molar-refractivity contribution in [1.29, 1.82) is 0 Å². The van der Waals surface area contributed by atoms with Crippen molar-refractivity contribution in [3.63, 3.8) is 0 Å². The molecule has 108 heavy (non-hydrogen) atoms. The van der Waals surface area contributed by atoms with Gasteiger partial charge in [-0.3, -0.25) is 62.5 Å². The van der Waals surface area contributed by atoms with Gasteiger partial charge in [-0.05, 0) is 123 Å². The minimum absolute atomic E-state index is 0.0390. The zero-order valence-corrected chi connectivity index (χ0v) is 66.0. The Hall–Kier alpha value is -8.74. The van der Waals surface area contributed by atoms with Crippen molar-refractivity contribution < 1.29 is 81.6 Å². The average Bonchev–Trinajstić information content (AvgIpc) is 1.62. The van der Waals surface area contributed by atoms with E-state index in [1.165, 1.54) is 30.9 Å². The maximum Gasteiger partial charge on any atom is 0.407 e. The molecular weight excluding hydrogens is 1410 g/mol. The zero-order chi connectivity index (χ0) is 79.9. The molecule has 1 saturated carbocycles. The smallest absolute Gasteiger partial charge is 0.407 e. The number of thioether (sulfide) groups is 1. The van der Waals surface area contributed by atoms with Crippen LogP contribution in [0.25, 0.3) is 10.8 Å². The number of hydrogen-bond acceptors (Lipinski definition) is 18. The number of urea groups is 1. The fourth-order valence-corrected chi connectivity index (χ4v) is 15.8. The molecule has 3 aromatic rings. The van der Waals surface area contributed by atoms with Crippen molar-refractivity contribution in [2.75, 3.05) is 72.6 Å². The Balaban J connectivity index is 1.09. The number of alkyl carbamates (subject to hydrolysis) is 1. The van der Waals surface area contributed by atoms with E-state index in [1.807, 2.05) is 90.9 Å². The number of unbranched alkanes of at least 4 members (excludes halogenated alkanes) is 2. The number of carboxylic acids is 1. The fraction of sp³-hybridized carbons (Fsp3) is 0.628. The first-order chi connectivity index (χ1) is 51.1. The van der Waals surface area contributed by atoms with Crippen LogP contribution >= 0.6 is 11.8 Å². The highest BCUT2D eigenvalue weighted by Crippen LogP contribution is 2.52. The van der Waals surface area contributed by atoms with Crippen molar-refractivity contribution in [1.82, 2.24) is 51.5 Å². The van der Waals surface area contributed by atoms with E-state index >= 15 is 4.79 Å². The number of nitrogens with two attached hydrogens (primary N) is 1. The third-order valence-corrected chi connectivity index (χ3v) is 22.4. The summed E-state index contributed by atoms with van der Waals surface area (Å²) in [5.41, 5.74) is 6.21. The topological polar surface area (TPSA) is 393 Å². The lowest BCUT2D eigenvalue weighted by molar-refractivity contribution is -0.148. The maximum absolute atomic E-state index is 15.2. The van der Waals surface area contributed by atoms with Crippen LogP contribution in [0.15, 0.2) is 66.7 Å². The molecule has 596 valence electrons. The molecule has 12 amide bonds. The van der Waals surface area contributed by atoms with Crippen LogP contribution in [0.3, 0.4) is 0 Å². The molecule has 2 aliphatic heterocycles. The monoisotopic (exact) mass is 1520 g/mol. The van der Waals surface area contributed by atoms with E-state index < -0.39 is 119 Å². The molecule has 30 heteroatoms. The minimum Gasteiger partial charge on any atom is -0.481 e. The number of benzene rings is 3. The van der Waals surface area contributed by atoms with Gasteiger partial charge in [0.2, 0.25) is 53.2 Å². The second kappa shape index (κ2) is 41.7. The Kier molecular flexibility index (Phi) is 34.1. The first-order valence-electron chi connectivity index (χ1n) is 37.6. The molecule has 0 bridgehead atoms. The molecule has 0 aromatic heterocycles. The number of nitrogens with zero attached hydrogens (tertiary/aromatic N) is 4. The highest BCUT2D eigenvalue weighted by Gasteiger charge is 2.49. The number of hydrogen-bond donors (Lipinski definition) is 9. The highest BCUT2D eigenvalue weighted by atomic mass is 32.2. The molecule has 1 aliphatic carbocycles. The fourth-order valence-electron chi connectivity index (χ4n) is 14.3. The number of methoxy groups -OCH3 is 2. The molecular formula is C78H116N12O17S. The standard InChI is InChI=1S/C78H116N12O17S/c1-15-48(8)68(88(12)75(102)66(46(4)5)86-73(100)67(47(6)7)87(10)11)59(105-13)38-62(93)90-42-55(37-57(90)69(106-14)49(9)70(97)81-41-58(91)53-29-28-51-22-18-19-23-52(51)36-53)83-77(104)107-43-50-26-30-54(31-27-50)82-71(98)56(24-21-34-80-76(79)103)84-72(99)65(45(2)3)85-61(92)25-17-16-20-35-89-63(94)39-60(74(89)101)108-44-78(32-33-78)40-64(95)96/h18-19,22-23,26-31,36,45-49,55-57,59-60,65-69H,15-17,20-21,24-25,32-35,37-44H2,1-14H3,(H,81,97)(H,82,98)(H,83,104)(H,84,99)(H,85,92)(H,86,100)(H,95,96)(H3,79,80,103)/t48-,49+,55-,56-,57-,59+,60?,65-,66-,67-,68-,69+/m0/s1. The van der Waals surface area contributed by atoms with Gasteiger partial charge in [0, 0.05) is 70.7 Å². The summed E-state index contributed by atoms with van der Waals surface area (Å²) >= 11 is 1.34. The van der Waals surface area contributed by atoms with Crippen LogP contribution in [0.4, 0.5) is 15.3 Å². The number of aliphatic carboxylic acids is 1. The number of likely N-dealkylation sites (tertiary alicyclic amines) is 2. The SMILES string of the molecule is CC[C@H](C)[C@@H]([C@@H](CC(=O)N1C[C@@H](NC(=O)OCc2ccc(NC(=O)[C@H](CCCNC(N)=O)NC(=O)[C@@H](NC(=O)CCCCCN3C(=O)CC(SCC4(CC(=O)O)CC4)C3=O)C(C)C)cc2)C[C@H]1[C@H](OC)[C@@H](C)C(=O)NCC(=O)c1ccc2ccccc2c1)OC)N(C)C(=O)[C@@H](NC(=O)[C@H](C(C)C)N(C)C)C(C)C. The van der Waals surface area contributed by atoms with Crippen molar-refractivity contribution in [3.05, 3.63) is 77.9 Å². The van der Waals surface area contributed by atoms with Crippen LogP contribution in [0, 0.1) is 35.0 Å². The second-order valence-electron chi connectivity index (χ2n) is 30.4. The molecule has 10 N–H and O–H groups in total. The van der Waals surface area contributed by atoms with Crippen molar-refractivity contribution >= 4 is 105 Å². The van der Waals surface area contributed by atoms with Crippen molar-refractivity contribution in [3.8, 4) is 0 Å². The number of ketones is 1. The predicted molar refractivity (Wildman–Crippen MR) is 410 cm³/mol. The maximum atomic E-state index is 15.2. The Bertz CT molecular complexity index is 3620. The van der Waals surface area contributed by atoms with E-state index in [0.717, 1.165) is 23.6 Å². The number of fused-ring (bicyclic) bond motifs is 1. The van der Waals surface area contributed by atoms with Gasteiger partial charge in [0.1, 0.15) is 24.7 Å². The Morgan fingerprint density at radius 3 is 2.03 bits per heavy atom. The van der Waals surface area contributed by atoms with Gasteiger partial charge in [-0.15, -0.1) is 11.8 Å². The third-order valence-electron chi connectivity index (χ3n) is 20.8. The number of likely N-dealkylation sites (N-methyl/N-ethyl adjacent to an activating group) is 2. The lowest BCUT2D eigenvalue weighted by Gasteiger charge is -2.41. The van der Waals surface area contributed by atoms with Crippen LogP contribution in [0.2, 0.25) is 0 Å². The number of ether oxygens (including phenoxy) is 3. The van der Waals surface area contributed by atoms with E-state index in [2.05, 4.69) is 37.2 Å². The number of primary amides is 1. The predicted octanol–water partition coefficient (Wildman–Crippen LogP) is 6.38. The summed E-state index contributed by atoms with van der Waals surface area (Å²) in [6.07, 6.45) is 1.10. The van der Waals surface area contributed by atoms with Crippen LogP contribution in [-0.2, 0) is 68.8 Å². The number of amides is 12. The van der Waals surface area contributed by atoms with E-state index in [4.69, 9.17) is 19.9 Å². The van der Waals surface area contributed by atoms with Gasteiger partial charge >= 0.3 is 18.1 Å².